The van der Waals surface area contributed by atoms with Gasteiger partial charge in [0.2, 0.25) is 0 Å². The van der Waals surface area contributed by atoms with Gasteiger partial charge < -0.3 is 0 Å². The lowest BCUT2D eigenvalue weighted by molar-refractivity contribution is 0.485. The maximum Gasteiger partial charge on any atom is 0.116 e. The van der Waals surface area contributed by atoms with Gasteiger partial charge >= 0.3 is 0 Å². The van der Waals surface area contributed by atoms with Crippen LogP contribution < -0.4 is 0 Å². The molecule has 0 bridgehead atoms. The van der Waals surface area contributed by atoms with Gasteiger partial charge in [0, 0.05) is 15.9 Å². The molecule has 0 fully saturated rings. The van der Waals surface area contributed by atoms with Crippen molar-refractivity contribution >= 4 is 27.5 Å². The van der Waals surface area contributed by atoms with Crippen LogP contribution in [0.5, 0.6) is 0 Å². The second-order valence-corrected chi connectivity index (χ2v) is 4.05. The Bertz CT molecular complexity index is 276. The summed E-state index contributed by atoms with van der Waals surface area (Å²) >= 11 is 9.14. The minimum atomic E-state index is -0.485. The first kappa shape index (κ1) is 11.0. The maximum absolute atomic E-state index is 12.4. The summed E-state index contributed by atoms with van der Waals surface area (Å²) in [7, 11) is 0. The number of hydrogen-bond acceptors (Lipinski definition) is 0. The molecule has 1 aromatic rings. The van der Waals surface area contributed by atoms with E-state index in [4.69, 9.17) is 11.6 Å². The minimum Gasteiger partial charge on any atom is -0.246 e. The fourth-order valence-electron chi connectivity index (χ4n) is 1.16. The van der Waals surface area contributed by atoms with E-state index >= 15 is 0 Å². The first-order valence-corrected chi connectivity index (χ1v) is 5.67. The Morgan fingerprint density at radius 3 is 2.77 bits per heavy atom. The van der Waals surface area contributed by atoms with Crippen molar-refractivity contribution in [1.29, 1.82) is 0 Å². The van der Waals surface area contributed by atoms with Crippen LogP contribution in [0.15, 0.2) is 18.2 Å². The summed E-state index contributed by atoms with van der Waals surface area (Å²) in [5, 5.41) is 1.49. The average molecular weight is 266 g/mol. The van der Waals surface area contributed by atoms with Gasteiger partial charge in [0.15, 0.2) is 0 Å². The molecule has 0 N–H and O–H groups in total. The molecule has 0 spiro atoms. The second-order valence-electron chi connectivity index (χ2n) is 2.85. The van der Waals surface area contributed by atoms with Crippen LogP contribution in [-0.2, 0) is 13.1 Å². The van der Waals surface area contributed by atoms with Crippen LogP contribution in [0, 0.1) is 0 Å². The fourth-order valence-corrected chi connectivity index (χ4v) is 1.61. The third-order valence-corrected chi connectivity index (χ3v) is 2.78. The molecule has 0 aliphatic heterocycles. The van der Waals surface area contributed by atoms with Crippen LogP contribution in [0.1, 0.15) is 17.5 Å². The van der Waals surface area contributed by atoms with Crippen molar-refractivity contribution in [1.82, 2.24) is 0 Å². The molecule has 0 amide bonds. The Morgan fingerprint density at radius 2 is 2.15 bits per heavy atom. The molecule has 13 heavy (non-hydrogen) atoms. The van der Waals surface area contributed by atoms with Crippen molar-refractivity contribution in [2.24, 2.45) is 0 Å². The summed E-state index contributed by atoms with van der Waals surface area (Å²) in [6.07, 6.45) is 2.03. The van der Waals surface area contributed by atoms with Crippen molar-refractivity contribution in [2.75, 3.05) is 5.33 Å². The van der Waals surface area contributed by atoms with Crippen molar-refractivity contribution in [2.45, 2.75) is 19.5 Å². The van der Waals surface area contributed by atoms with Crippen molar-refractivity contribution < 1.29 is 4.39 Å². The second kappa shape index (κ2) is 5.61. The molecule has 0 nitrogen and oxygen atoms in total. The SMILES string of the molecule is FCc1cc(CCCBr)ccc1Cl. The van der Waals surface area contributed by atoms with Gasteiger partial charge in [0.25, 0.3) is 0 Å². The lowest BCUT2D eigenvalue weighted by Crippen LogP contribution is -1.89. The van der Waals surface area contributed by atoms with Crippen LogP contribution in [0.25, 0.3) is 0 Å². The molecule has 0 unspecified atom stereocenters. The Kier molecular flexibility index (Phi) is 4.74. The van der Waals surface area contributed by atoms with Crippen molar-refractivity contribution in [3.8, 4) is 0 Å². The zero-order chi connectivity index (χ0) is 9.68. The molecule has 3 heteroatoms. The average Bonchev–Trinajstić information content (AvgIpc) is 2.16. The summed E-state index contributed by atoms with van der Waals surface area (Å²) in [6.45, 7) is -0.485. The predicted molar refractivity (Wildman–Crippen MR) is 58.4 cm³/mol. The molecule has 0 atom stereocenters. The molecule has 0 aliphatic rings. The largest absolute Gasteiger partial charge is 0.246 e. The molecule has 0 saturated carbocycles. The standard InChI is InChI=1S/C10H11BrClF/c11-5-1-2-8-3-4-10(12)9(6-8)7-13/h3-4,6H,1-2,5,7H2. The highest BCUT2D eigenvalue weighted by atomic mass is 79.9. The van der Waals surface area contributed by atoms with Gasteiger partial charge in [-0.1, -0.05) is 39.7 Å². The first-order valence-electron chi connectivity index (χ1n) is 4.17. The molecule has 0 aromatic heterocycles. The highest BCUT2D eigenvalue weighted by Crippen LogP contribution is 2.19. The Hall–Kier alpha value is -0.0800. The summed E-state index contributed by atoms with van der Waals surface area (Å²) in [4.78, 5) is 0. The Balaban J connectivity index is 2.74. The summed E-state index contributed by atoms with van der Waals surface area (Å²) in [5.41, 5.74) is 1.74. The molecule has 0 saturated heterocycles. The third-order valence-electron chi connectivity index (χ3n) is 1.85. The topological polar surface area (TPSA) is 0 Å². The monoisotopic (exact) mass is 264 g/mol. The quantitative estimate of drug-likeness (QED) is 0.718. The highest BCUT2D eigenvalue weighted by molar-refractivity contribution is 9.09. The lowest BCUT2D eigenvalue weighted by Gasteiger charge is -2.03. The maximum atomic E-state index is 12.4. The fraction of sp³-hybridized carbons (Fsp3) is 0.400. The van der Waals surface area contributed by atoms with E-state index in [1.54, 1.807) is 6.07 Å². The van der Waals surface area contributed by atoms with Gasteiger partial charge in [0.05, 0.1) is 0 Å². The predicted octanol–water partition coefficient (Wildman–Crippen LogP) is 4.14. The number of halogens is 3. The zero-order valence-electron chi connectivity index (χ0n) is 7.19. The zero-order valence-corrected chi connectivity index (χ0v) is 9.54. The van der Waals surface area contributed by atoms with E-state index in [2.05, 4.69) is 15.9 Å². The molecule has 72 valence electrons. The van der Waals surface area contributed by atoms with Gasteiger partial charge in [-0.2, -0.15) is 0 Å². The summed E-state index contributed by atoms with van der Waals surface area (Å²) in [5.74, 6) is 0. The normalized spacial score (nSPS) is 10.4. The Morgan fingerprint density at radius 1 is 1.38 bits per heavy atom. The number of hydrogen-bond donors (Lipinski definition) is 0. The molecular weight excluding hydrogens is 254 g/mol. The van der Waals surface area contributed by atoms with E-state index in [-0.39, 0.29) is 0 Å². The number of benzene rings is 1. The van der Waals surface area contributed by atoms with Gasteiger partial charge in [-0.3, -0.25) is 0 Å². The van der Waals surface area contributed by atoms with Gasteiger partial charge in [-0.25, -0.2) is 4.39 Å². The molecule has 0 radical (unpaired) electrons. The van der Waals surface area contributed by atoms with Gasteiger partial charge in [-0.15, -0.1) is 0 Å². The number of aryl methyl sites for hydroxylation is 1. The van der Waals surface area contributed by atoms with Crippen LogP contribution >= 0.6 is 27.5 Å². The smallest absolute Gasteiger partial charge is 0.116 e. The highest BCUT2D eigenvalue weighted by Gasteiger charge is 2.01. The van der Waals surface area contributed by atoms with Crippen molar-refractivity contribution in [3.63, 3.8) is 0 Å². The lowest BCUT2D eigenvalue weighted by atomic mass is 10.1. The van der Waals surface area contributed by atoms with Crippen LogP contribution in [0.3, 0.4) is 0 Å². The van der Waals surface area contributed by atoms with Crippen LogP contribution in [-0.4, -0.2) is 5.33 Å². The molecule has 0 aliphatic carbocycles. The van der Waals surface area contributed by atoms with E-state index in [1.165, 1.54) is 0 Å². The number of alkyl halides is 2. The first-order chi connectivity index (χ1) is 6.27. The van der Waals surface area contributed by atoms with Crippen LogP contribution in [0.4, 0.5) is 4.39 Å². The van der Waals surface area contributed by atoms with Gasteiger partial charge in [-0.05, 0) is 24.5 Å². The third kappa shape index (κ3) is 3.28. The molecule has 1 aromatic carbocycles. The van der Waals surface area contributed by atoms with Gasteiger partial charge in [0.1, 0.15) is 6.67 Å². The van der Waals surface area contributed by atoms with Crippen LogP contribution in [0.2, 0.25) is 5.02 Å². The molecule has 0 heterocycles. The number of rotatable bonds is 4. The molecule has 1 rings (SSSR count). The molecular formula is C10H11BrClF. The summed E-state index contributed by atoms with van der Waals surface area (Å²) in [6, 6.07) is 5.55. The minimum absolute atomic E-state index is 0.485. The van der Waals surface area contributed by atoms with E-state index < -0.39 is 6.67 Å². The van der Waals surface area contributed by atoms with E-state index in [0.29, 0.717) is 10.6 Å². The van der Waals surface area contributed by atoms with E-state index in [9.17, 15) is 4.39 Å². The van der Waals surface area contributed by atoms with E-state index in [1.807, 2.05) is 12.1 Å². The Labute approximate surface area is 91.2 Å². The van der Waals surface area contributed by atoms with E-state index in [0.717, 1.165) is 23.7 Å². The van der Waals surface area contributed by atoms with Crippen molar-refractivity contribution in [3.05, 3.63) is 34.3 Å². The summed E-state index contributed by atoms with van der Waals surface area (Å²) < 4.78 is 12.4.